The molecule has 0 unspecified atom stereocenters. The van der Waals surface area contributed by atoms with Crippen LogP contribution in [0.15, 0.2) is 17.1 Å². The van der Waals surface area contributed by atoms with E-state index in [4.69, 9.17) is 4.74 Å². The Bertz CT molecular complexity index is 1080. The number of pyridine rings is 1. The van der Waals surface area contributed by atoms with Gasteiger partial charge in [-0.3, -0.25) is 9.36 Å². The number of nitrogens with zero attached hydrogens (tertiary/aromatic N) is 4. The number of hydrogen-bond acceptors (Lipinski definition) is 7. The molecular formula is C19H27N5O4S. The van der Waals surface area contributed by atoms with Gasteiger partial charge in [0.25, 0.3) is 5.56 Å². The number of aryl methyl sites for hydroxylation is 1. The summed E-state index contributed by atoms with van der Waals surface area (Å²) >= 11 is 0. The second kappa shape index (κ2) is 7.66. The normalized spacial score (nSPS) is 24.2. The average molecular weight is 422 g/mol. The maximum absolute atomic E-state index is 12.9. The molecule has 2 aromatic rings. The highest BCUT2D eigenvalue weighted by atomic mass is 32.2. The molecule has 1 N–H and O–H groups in total. The summed E-state index contributed by atoms with van der Waals surface area (Å²) < 4.78 is 32.2. The summed E-state index contributed by atoms with van der Waals surface area (Å²) in [5.74, 6) is 0.684. The van der Waals surface area contributed by atoms with Gasteiger partial charge in [-0.2, -0.15) is 4.98 Å². The second-order valence-electron chi connectivity index (χ2n) is 8.14. The molecule has 0 radical (unpaired) electrons. The van der Waals surface area contributed by atoms with Crippen molar-refractivity contribution in [2.45, 2.75) is 38.8 Å². The first-order chi connectivity index (χ1) is 13.7. The van der Waals surface area contributed by atoms with Gasteiger partial charge in [0.1, 0.15) is 5.65 Å². The highest BCUT2D eigenvalue weighted by Crippen LogP contribution is 2.27. The third-order valence-electron chi connectivity index (χ3n) is 5.87. The zero-order valence-corrected chi connectivity index (χ0v) is 17.8. The summed E-state index contributed by atoms with van der Waals surface area (Å²) in [6, 6.07) is 1.86. The smallest absolute Gasteiger partial charge is 0.255 e. The molecule has 2 saturated heterocycles. The van der Waals surface area contributed by atoms with E-state index in [1.165, 1.54) is 10.6 Å². The number of nitrogens with one attached hydrogen (secondary N) is 1. The summed E-state index contributed by atoms with van der Waals surface area (Å²) in [5, 5.41) is 4.14. The molecule has 2 aliphatic rings. The molecule has 0 amide bonds. The number of ether oxygens (including phenoxy) is 1. The summed E-state index contributed by atoms with van der Waals surface area (Å²) in [5.41, 5.74) is 1.22. The predicted octanol–water partition coefficient (Wildman–Crippen LogP) is 1.14. The molecule has 2 fully saturated rings. The van der Waals surface area contributed by atoms with Crippen LogP contribution in [0.3, 0.4) is 0 Å². The van der Waals surface area contributed by atoms with E-state index in [0.29, 0.717) is 56.3 Å². The Kier molecular flexibility index (Phi) is 5.34. The predicted molar refractivity (Wildman–Crippen MR) is 111 cm³/mol. The minimum Gasteiger partial charge on any atom is -0.379 e. The number of fused-ring (bicyclic) bond motifs is 1. The fraction of sp³-hybridized carbons (Fsp3) is 0.632. The molecule has 9 nitrogen and oxygen atoms in total. The standard InChI is InChI=1S/C19H27N5O4S/c1-12-8-14-9-20-19(21-15-4-6-23(7-5-15)29(3,26)27)22-17(14)24(18(12)25)16-11-28-10-13(16)2/h8-9,13,15-16H,4-7,10-11H2,1-3H3,(H,20,21,22)/t13-,16+/m0/s1. The van der Waals surface area contributed by atoms with E-state index in [1.807, 2.05) is 6.07 Å². The van der Waals surface area contributed by atoms with E-state index in [0.717, 1.165) is 5.39 Å². The molecule has 0 saturated carbocycles. The molecule has 2 atom stereocenters. The Morgan fingerprint density at radius 1 is 1.24 bits per heavy atom. The van der Waals surface area contributed by atoms with Crippen molar-refractivity contribution in [1.82, 2.24) is 18.8 Å². The number of anilines is 1. The zero-order valence-electron chi connectivity index (χ0n) is 17.0. The Morgan fingerprint density at radius 2 is 1.97 bits per heavy atom. The monoisotopic (exact) mass is 421 g/mol. The molecule has 0 spiro atoms. The lowest BCUT2D eigenvalue weighted by Gasteiger charge is -2.30. The maximum Gasteiger partial charge on any atom is 0.255 e. The van der Waals surface area contributed by atoms with Gasteiger partial charge in [-0.1, -0.05) is 6.92 Å². The van der Waals surface area contributed by atoms with E-state index in [1.54, 1.807) is 17.7 Å². The zero-order chi connectivity index (χ0) is 20.8. The fourth-order valence-corrected chi connectivity index (χ4v) is 5.00. The minimum absolute atomic E-state index is 0.0500. The number of piperidine rings is 1. The van der Waals surface area contributed by atoms with Crippen LogP contribution in [0.25, 0.3) is 11.0 Å². The first-order valence-corrected chi connectivity index (χ1v) is 11.8. The van der Waals surface area contributed by atoms with Gasteiger partial charge in [0.2, 0.25) is 16.0 Å². The average Bonchev–Trinajstić information content (AvgIpc) is 3.08. The van der Waals surface area contributed by atoms with Crippen LogP contribution in [0.4, 0.5) is 5.95 Å². The van der Waals surface area contributed by atoms with Crippen LogP contribution >= 0.6 is 0 Å². The van der Waals surface area contributed by atoms with Gasteiger partial charge in [-0.25, -0.2) is 17.7 Å². The van der Waals surface area contributed by atoms with Gasteiger partial charge in [0.05, 0.1) is 25.5 Å². The summed E-state index contributed by atoms with van der Waals surface area (Å²) in [6.45, 7) is 5.96. The molecule has 158 valence electrons. The quantitative estimate of drug-likeness (QED) is 0.789. The lowest BCUT2D eigenvalue weighted by molar-refractivity contribution is 0.182. The number of sulfonamides is 1. The Labute approximate surface area is 170 Å². The van der Waals surface area contributed by atoms with E-state index in [9.17, 15) is 13.2 Å². The molecule has 29 heavy (non-hydrogen) atoms. The van der Waals surface area contributed by atoms with Crippen LogP contribution in [0.1, 0.15) is 31.4 Å². The lowest BCUT2D eigenvalue weighted by atomic mass is 10.1. The molecule has 2 aliphatic heterocycles. The number of rotatable bonds is 4. The van der Waals surface area contributed by atoms with E-state index < -0.39 is 10.0 Å². The Morgan fingerprint density at radius 3 is 2.59 bits per heavy atom. The molecule has 2 aromatic heterocycles. The summed E-state index contributed by atoms with van der Waals surface area (Å²) in [4.78, 5) is 22.0. The van der Waals surface area contributed by atoms with Crippen molar-refractivity contribution in [2.75, 3.05) is 37.9 Å². The molecular weight excluding hydrogens is 394 g/mol. The molecule has 10 heteroatoms. The van der Waals surface area contributed by atoms with Gasteiger partial charge in [-0.05, 0) is 25.8 Å². The van der Waals surface area contributed by atoms with Crippen molar-refractivity contribution in [3.63, 3.8) is 0 Å². The van der Waals surface area contributed by atoms with Gasteiger partial charge >= 0.3 is 0 Å². The largest absolute Gasteiger partial charge is 0.379 e. The highest BCUT2D eigenvalue weighted by molar-refractivity contribution is 7.88. The molecule has 0 bridgehead atoms. The lowest BCUT2D eigenvalue weighted by Crippen LogP contribution is -2.42. The van der Waals surface area contributed by atoms with E-state index in [2.05, 4.69) is 22.2 Å². The maximum atomic E-state index is 12.9. The Balaban J connectivity index is 1.62. The van der Waals surface area contributed by atoms with Crippen LogP contribution in [0, 0.1) is 12.8 Å². The first-order valence-electron chi connectivity index (χ1n) is 9.92. The van der Waals surface area contributed by atoms with E-state index >= 15 is 0 Å². The third kappa shape index (κ3) is 4.01. The molecule has 4 rings (SSSR count). The Hall–Kier alpha value is -2.04. The SMILES string of the molecule is Cc1cc2cnc(NC3CCN(S(C)(=O)=O)CC3)nc2n([C@@H]2COC[C@@H]2C)c1=O. The van der Waals surface area contributed by atoms with Gasteiger partial charge in [0.15, 0.2) is 0 Å². The van der Waals surface area contributed by atoms with Crippen molar-refractivity contribution >= 4 is 27.0 Å². The third-order valence-corrected chi connectivity index (χ3v) is 7.17. The van der Waals surface area contributed by atoms with Crippen LogP contribution in [-0.2, 0) is 14.8 Å². The van der Waals surface area contributed by atoms with Crippen LogP contribution in [0.2, 0.25) is 0 Å². The van der Waals surface area contributed by atoms with Crippen LogP contribution < -0.4 is 10.9 Å². The summed E-state index contributed by atoms with van der Waals surface area (Å²) in [7, 11) is -3.16. The van der Waals surface area contributed by atoms with Crippen molar-refractivity contribution in [3.05, 3.63) is 28.2 Å². The highest BCUT2D eigenvalue weighted by Gasteiger charge is 2.29. The number of aromatic nitrogens is 3. The van der Waals surface area contributed by atoms with Gasteiger partial charge < -0.3 is 10.1 Å². The van der Waals surface area contributed by atoms with Crippen molar-refractivity contribution in [1.29, 1.82) is 0 Å². The van der Waals surface area contributed by atoms with Gasteiger partial charge in [0, 0.05) is 42.2 Å². The van der Waals surface area contributed by atoms with Crippen molar-refractivity contribution < 1.29 is 13.2 Å². The van der Waals surface area contributed by atoms with E-state index in [-0.39, 0.29) is 23.6 Å². The number of hydrogen-bond donors (Lipinski definition) is 1. The molecule has 4 heterocycles. The molecule has 0 aromatic carbocycles. The summed E-state index contributed by atoms with van der Waals surface area (Å²) in [6.07, 6.45) is 4.34. The van der Waals surface area contributed by atoms with Crippen molar-refractivity contribution in [3.8, 4) is 0 Å². The second-order valence-corrected chi connectivity index (χ2v) is 10.1. The van der Waals surface area contributed by atoms with Gasteiger partial charge in [-0.15, -0.1) is 0 Å². The fourth-order valence-electron chi connectivity index (χ4n) is 4.13. The van der Waals surface area contributed by atoms with Crippen LogP contribution in [-0.4, -0.2) is 65.9 Å². The first kappa shape index (κ1) is 20.2. The van der Waals surface area contributed by atoms with Crippen molar-refractivity contribution in [2.24, 2.45) is 5.92 Å². The molecule has 0 aliphatic carbocycles. The minimum atomic E-state index is -3.16. The topological polar surface area (TPSA) is 106 Å². The van der Waals surface area contributed by atoms with Crippen LogP contribution in [0.5, 0.6) is 0 Å².